The van der Waals surface area contributed by atoms with E-state index >= 15 is 0 Å². The summed E-state index contributed by atoms with van der Waals surface area (Å²) < 4.78 is 0. The molecule has 0 saturated heterocycles. The van der Waals surface area contributed by atoms with E-state index in [0.717, 1.165) is 47.8 Å². The highest BCUT2D eigenvalue weighted by Crippen LogP contribution is 2.33. The van der Waals surface area contributed by atoms with Crippen molar-refractivity contribution in [1.29, 1.82) is 0 Å². The van der Waals surface area contributed by atoms with Crippen LogP contribution in [0.15, 0.2) is 0 Å². The molecule has 1 aliphatic heterocycles. The van der Waals surface area contributed by atoms with Crippen LogP contribution in [0.5, 0.6) is 0 Å². The van der Waals surface area contributed by atoms with Crippen LogP contribution in [-0.4, -0.2) is 22.3 Å². The second kappa shape index (κ2) is 7.39. The van der Waals surface area contributed by atoms with E-state index in [9.17, 15) is 0 Å². The fraction of sp³-hybridized carbons (Fsp3) is 0.714. The minimum atomic E-state index is 0.729. The number of thioether (sulfide) groups is 2. The lowest BCUT2D eigenvalue weighted by molar-refractivity contribution is 0.749. The van der Waals surface area contributed by atoms with E-state index in [1.54, 1.807) is 0 Å². The summed E-state index contributed by atoms with van der Waals surface area (Å²) in [6, 6.07) is 0. The van der Waals surface area contributed by atoms with Crippen molar-refractivity contribution >= 4 is 29.3 Å². The predicted molar refractivity (Wildman–Crippen MR) is 86.8 cm³/mol. The standard InChI is InChI=1S/C14H23N3S2/c1-4-5-15-14-11-7-19-8-12(11)16-13(17-14)9-18-6-10(2)3/h10H,4-9H2,1-3H3,(H,15,16,17). The smallest absolute Gasteiger partial charge is 0.140 e. The number of aromatic nitrogens is 2. The van der Waals surface area contributed by atoms with Gasteiger partial charge < -0.3 is 5.32 Å². The third-order valence-electron chi connectivity index (χ3n) is 2.85. The van der Waals surface area contributed by atoms with E-state index in [4.69, 9.17) is 9.97 Å². The molecule has 5 heteroatoms. The Bertz CT molecular complexity index is 421. The molecule has 2 heterocycles. The number of rotatable bonds is 7. The quantitative estimate of drug-likeness (QED) is 0.825. The Kier molecular flexibility index (Phi) is 5.82. The number of nitrogens with zero attached hydrogens (tertiary/aromatic N) is 2. The van der Waals surface area contributed by atoms with Crippen LogP contribution in [0.25, 0.3) is 0 Å². The maximum atomic E-state index is 4.73. The van der Waals surface area contributed by atoms with Gasteiger partial charge in [-0.15, -0.1) is 0 Å². The van der Waals surface area contributed by atoms with Crippen LogP contribution >= 0.6 is 23.5 Å². The molecular formula is C14H23N3S2. The lowest BCUT2D eigenvalue weighted by atomic mass is 10.2. The largest absolute Gasteiger partial charge is 0.370 e. The maximum Gasteiger partial charge on any atom is 0.140 e. The second-order valence-corrected chi connectivity index (χ2v) is 7.26. The van der Waals surface area contributed by atoms with Gasteiger partial charge in [-0.1, -0.05) is 20.8 Å². The van der Waals surface area contributed by atoms with E-state index in [-0.39, 0.29) is 0 Å². The van der Waals surface area contributed by atoms with Gasteiger partial charge in [0, 0.05) is 23.6 Å². The van der Waals surface area contributed by atoms with Crippen molar-refractivity contribution in [2.45, 2.75) is 44.5 Å². The molecule has 0 atom stereocenters. The molecule has 0 aliphatic carbocycles. The highest BCUT2D eigenvalue weighted by Gasteiger charge is 2.19. The van der Waals surface area contributed by atoms with Gasteiger partial charge >= 0.3 is 0 Å². The van der Waals surface area contributed by atoms with Gasteiger partial charge in [0.1, 0.15) is 11.6 Å². The molecule has 0 saturated carbocycles. The Morgan fingerprint density at radius 3 is 2.89 bits per heavy atom. The summed E-state index contributed by atoms with van der Waals surface area (Å²) in [5.41, 5.74) is 2.58. The summed E-state index contributed by atoms with van der Waals surface area (Å²) >= 11 is 3.87. The molecule has 106 valence electrons. The van der Waals surface area contributed by atoms with Crippen molar-refractivity contribution in [2.75, 3.05) is 17.6 Å². The molecule has 1 aromatic rings. The highest BCUT2D eigenvalue weighted by molar-refractivity contribution is 7.98. The molecule has 2 rings (SSSR count). The molecular weight excluding hydrogens is 274 g/mol. The molecule has 1 N–H and O–H groups in total. The molecule has 1 aliphatic rings. The third-order valence-corrected chi connectivity index (χ3v) is 5.18. The number of hydrogen-bond donors (Lipinski definition) is 1. The van der Waals surface area contributed by atoms with Gasteiger partial charge in [0.15, 0.2) is 0 Å². The minimum Gasteiger partial charge on any atom is -0.370 e. The highest BCUT2D eigenvalue weighted by atomic mass is 32.2. The SMILES string of the molecule is CCCNc1nc(CSCC(C)C)nc2c1CSC2. The lowest BCUT2D eigenvalue weighted by Crippen LogP contribution is -2.09. The average molecular weight is 297 g/mol. The molecule has 0 radical (unpaired) electrons. The Hall–Kier alpha value is -0.420. The fourth-order valence-corrected chi connectivity index (χ4v) is 3.88. The van der Waals surface area contributed by atoms with Gasteiger partial charge in [0.05, 0.1) is 11.4 Å². The lowest BCUT2D eigenvalue weighted by Gasteiger charge is -2.11. The second-order valence-electron chi connectivity index (χ2n) is 5.24. The zero-order valence-electron chi connectivity index (χ0n) is 12.0. The molecule has 0 aromatic carbocycles. The topological polar surface area (TPSA) is 37.8 Å². The monoisotopic (exact) mass is 297 g/mol. The molecule has 0 amide bonds. The van der Waals surface area contributed by atoms with E-state index in [0.29, 0.717) is 0 Å². The molecule has 0 spiro atoms. The first-order chi connectivity index (χ1) is 9.20. The summed E-state index contributed by atoms with van der Waals surface area (Å²) in [6.45, 7) is 7.68. The van der Waals surface area contributed by atoms with Crippen LogP contribution in [0.1, 0.15) is 44.3 Å². The Labute approximate surface area is 124 Å². The van der Waals surface area contributed by atoms with E-state index in [1.807, 2.05) is 23.5 Å². The molecule has 1 aromatic heterocycles. The van der Waals surface area contributed by atoms with Gasteiger partial charge in [-0.25, -0.2) is 9.97 Å². The molecule has 0 fully saturated rings. The van der Waals surface area contributed by atoms with Crippen molar-refractivity contribution in [2.24, 2.45) is 5.92 Å². The Morgan fingerprint density at radius 2 is 2.16 bits per heavy atom. The Balaban J connectivity index is 2.07. The van der Waals surface area contributed by atoms with Gasteiger partial charge in [0.2, 0.25) is 0 Å². The van der Waals surface area contributed by atoms with Gasteiger partial charge in [-0.2, -0.15) is 23.5 Å². The zero-order chi connectivity index (χ0) is 13.7. The summed E-state index contributed by atoms with van der Waals surface area (Å²) in [5.74, 6) is 7.00. The molecule has 19 heavy (non-hydrogen) atoms. The van der Waals surface area contributed by atoms with Crippen LogP contribution in [0.3, 0.4) is 0 Å². The van der Waals surface area contributed by atoms with Crippen molar-refractivity contribution in [1.82, 2.24) is 9.97 Å². The van der Waals surface area contributed by atoms with Crippen LogP contribution < -0.4 is 5.32 Å². The van der Waals surface area contributed by atoms with Crippen molar-refractivity contribution in [3.63, 3.8) is 0 Å². The van der Waals surface area contributed by atoms with Gasteiger partial charge in [0.25, 0.3) is 0 Å². The van der Waals surface area contributed by atoms with Crippen LogP contribution in [-0.2, 0) is 17.3 Å². The number of fused-ring (bicyclic) bond motifs is 1. The maximum absolute atomic E-state index is 4.73. The number of hydrogen-bond acceptors (Lipinski definition) is 5. The summed E-state index contributed by atoms with van der Waals surface area (Å²) in [7, 11) is 0. The van der Waals surface area contributed by atoms with Crippen molar-refractivity contribution in [3.05, 3.63) is 17.1 Å². The zero-order valence-corrected chi connectivity index (χ0v) is 13.7. The summed E-state index contributed by atoms with van der Waals surface area (Å²) in [4.78, 5) is 9.45. The first-order valence-electron chi connectivity index (χ1n) is 6.98. The first-order valence-corrected chi connectivity index (χ1v) is 9.29. The number of nitrogens with one attached hydrogen (secondary N) is 1. The average Bonchev–Trinajstić information content (AvgIpc) is 2.83. The van der Waals surface area contributed by atoms with E-state index in [1.165, 1.54) is 17.0 Å². The summed E-state index contributed by atoms with van der Waals surface area (Å²) in [5, 5.41) is 3.46. The minimum absolute atomic E-state index is 0.729. The Morgan fingerprint density at radius 1 is 1.32 bits per heavy atom. The van der Waals surface area contributed by atoms with Crippen molar-refractivity contribution in [3.8, 4) is 0 Å². The predicted octanol–water partition coefficient (Wildman–Crippen LogP) is 3.93. The van der Waals surface area contributed by atoms with Gasteiger partial charge in [-0.05, 0) is 18.1 Å². The van der Waals surface area contributed by atoms with Crippen LogP contribution in [0.2, 0.25) is 0 Å². The molecule has 0 bridgehead atoms. The summed E-state index contributed by atoms with van der Waals surface area (Å²) in [6.07, 6.45) is 1.13. The number of anilines is 1. The van der Waals surface area contributed by atoms with Gasteiger partial charge in [-0.3, -0.25) is 0 Å². The van der Waals surface area contributed by atoms with E-state index in [2.05, 4.69) is 26.1 Å². The fourth-order valence-electron chi connectivity index (χ4n) is 1.94. The third kappa shape index (κ3) is 4.28. The normalized spacial score (nSPS) is 13.9. The van der Waals surface area contributed by atoms with Crippen LogP contribution in [0.4, 0.5) is 5.82 Å². The first kappa shape index (κ1) is 15.0. The van der Waals surface area contributed by atoms with Crippen molar-refractivity contribution < 1.29 is 0 Å². The molecule has 0 unspecified atom stereocenters. The molecule has 3 nitrogen and oxygen atoms in total. The van der Waals surface area contributed by atoms with Crippen LogP contribution in [0, 0.1) is 5.92 Å². The van der Waals surface area contributed by atoms with E-state index < -0.39 is 0 Å².